The number of nitro groups is 1. The summed E-state index contributed by atoms with van der Waals surface area (Å²) in [5.74, 6) is -0.920. The predicted molar refractivity (Wildman–Crippen MR) is 73.8 cm³/mol. The van der Waals surface area contributed by atoms with Gasteiger partial charge in [-0.1, -0.05) is 12.1 Å². The summed E-state index contributed by atoms with van der Waals surface area (Å²) >= 11 is 1.21. The van der Waals surface area contributed by atoms with Gasteiger partial charge in [-0.25, -0.2) is 0 Å². The third-order valence-corrected chi connectivity index (χ3v) is 3.51. The highest BCUT2D eigenvalue weighted by Gasteiger charge is 2.18. The first-order chi connectivity index (χ1) is 9.47. The molecule has 1 aromatic carbocycles. The highest BCUT2D eigenvalue weighted by molar-refractivity contribution is 7.98. The average molecular weight is 302 g/mol. The number of rotatable bonds is 7. The van der Waals surface area contributed by atoms with Crippen LogP contribution >= 0.6 is 11.8 Å². The Bertz CT molecular complexity index is 498. The van der Waals surface area contributed by atoms with Crippen molar-refractivity contribution in [2.24, 2.45) is 5.73 Å². The Morgan fingerprint density at radius 2 is 2.30 bits per heavy atom. The van der Waals surface area contributed by atoms with Crippen molar-refractivity contribution >= 4 is 23.4 Å². The fourth-order valence-electron chi connectivity index (χ4n) is 1.43. The van der Waals surface area contributed by atoms with Gasteiger partial charge in [-0.15, -0.1) is 0 Å². The number of hydrogen-bond donors (Lipinski definition) is 1. The van der Waals surface area contributed by atoms with Crippen LogP contribution in [0.4, 0.5) is 10.1 Å². The van der Waals surface area contributed by atoms with Gasteiger partial charge in [0.25, 0.3) is 0 Å². The molecule has 2 N–H and O–H groups in total. The van der Waals surface area contributed by atoms with Gasteiger partial charge in [0.2, 0.25) is 5.82 Å². The van der Waals surface area contributed by atoms with Crippen molar-refractivity contribution in [3.05, 3.63) is 39.7 Å². The number of carbonyl (C=O) groups excluding carboxylic acids is 1. The minimum Gasteiger partial charge on any atom is -0.465 e. The molecule has 0 fully saturated rings. The first-order valence-electron chi connectivity index (χ1n) is 5.89. The number of hydrogen-bond acceptors (Lipinski definition) is 6. The molecular formula is C12H15FN2O4S. The van der Waals surface area contributed by atoms with Crippen LogP contribution in [0.1, 0.15) is 12.5 Å². The van der Waals surface area contributed by atoms with Crippen LogP contribution in [0, 0.1) is 15.9 Å². The minimum atomic E-state index is -0.852. The Morgan fingerprint density at radius 3 is 2.90 bits per heavy atom. The Balaban J connectivity index is 2.56. The fourth-order valence-corrected chi connectivity index (χ4v) is 2.38. The maximum atomic E-state index is 13.7. The van der Waals surface area contributed by atoms with E-state index in [2.05, 4.69) is 0 Å². The maximum Gasteiger partial charge on any atom is 0.323 e. The van der Waals surface area contributed by atoms with Gasteiger partial charge in [0.05, 0.1) is 11.5 Å². The minimum absolute atomic E-state index is 0.195. The van der Waals surface area contributed by atoms with Crippen LogP contribution in [-0.4, -0.2) is 29.3 Å². The second kappa shape index (κ2) is 7.81. The molecule has 6 nitrogen and oxygen atoms in total. The third kappa shape index (κ3) is 4.46. The summed E-state index contributed by atoms with van der Waals surface area (Å²) in [4.78, 5) is 21.1. The van der Waals surface area contributed by atoms with Gasteiger partial charge >= 0.3 is 11.7 Å². The second-order valence-electron chi connectivity index (χ2n) is 3.88. The van der Waals surface area contributed by atoms with Crippen LogP contribution in [0.15, 0.2) is 18.2 Å². The number of benzene rings is 1. The van der Waals surface area contributed by atoms with E-state index in [0.29, 0.717) is 0 Å². The van der Waals surface area contributed by atoms with E-state index in [-0.39, 0.29) is 23.7 Å². The lowest BCUT2D eigenvalue weighted by atomic mass is 10.2. The maximum absolute atomic E-state index is 13.7. The first kappa shape index (κ1) is 16.4. The summed E-state index contributed by atoms with van der Waals surface area (Å²) in [7, 11) is 0. The topological polar surface area (TPSA) is 95.5 Å². The quantitative estimate of drug-likeness (QED) is 0.469. The van der Waals surface area contributed by atoms with Crippen molar-refractivity contribution in [1.82, 2.24) is 0 Å². The van der Waals surface area contributed by atoms with Crippen molar-refractivity contribution in [2.45, 2.75) is 18.7 Å². The van der Waals surface area contributed by atoms with Crippen LogP contribution in [0.25, 0.3) is 0 Å². The third-order valence-electron chi connectivity index (χ3n) is 2.40. The smallest absolute Gasteiger partial charge is 0.323 e. The molecule has 0 aliphatic rings. The molecule has 0 amide bonds. The molecular weight excluding hydrogens is 287 g/mol. The SMILES string of the molecule is CCOC(=O)C(N)CSCc1cccc([N+](=O)[O-])c1F. The van der Waals surface area contributed by atoms with Crippen molar-refractivity contribution in [2.75, 3.05) is 12.4 Å². The van der Waals surface area contributed by atoms with Crippen molar-refractivity contribution in [3.8, 4) is 0 Å². The molecule has 8 heteroatoms. The molecule has 0 heterocycles. The Kier molecular flexibility index (Phi) is 6.40. The molecule has 1 rings (SSSR count). The number of nitrogens with zero attached hydrogens (tertiary/aromatic N) is 1. The van der Waals surface area contributed by atoms with Crippen LogP contribution in [-0.2, 0) is 15.3 Å². The molecule has 0 spiro atoms. The summed E-state index contributed by atoms with van der Waals surface area (Å²) in [6.45, 7) is 1.92. The molecule has 0 saturated carbocycles. The molecule has 20 heavy (non-hydrogen) atoms. The first-order valence-corrected chi connectivity index (χ1v) is 7.04. The Hall–Kier alpha value is -1.67. The van der Waals surface area contributed by atoms with Crippen molar-refractivity contribution in [3.63, 3.8) is 0 Å². The van der Waals surface area contributed by atoms with Crippen molar-refractivity contribution in [1.29, 1.82) is 0 Å². The van der Waals surface area contributed by atoms with Crippen LogP contribution in [0.3, 0.4) is 0 Å². The van der Waals surface area contributed by atoms with E-state index >= 15 is 0 Å². The van der Waals surface area contributed by atoms with E-state index in [1.165, 1.54) is 23.9 Å². The zero-order valence-electron chi connectivity index (χ0n) is 10.9. The second-order valence-corrected chi connectivity index (χ2v) is 4.91. The molecule has 1 unspecified atom stereocenters. The van der Waals surface area contributed by atoms with E-state index in [9.17, 15) is 19.3 Å². The standard InChI is InChI=1S/C12H15FN2O4S/c1-2-19-12(16)9(14)7-20-6-8-4-3-5-10(11(8)13)15(17)18/h3-5,9H,2,6-7,14H2,1H3. The predicted octanol–water partition coefficient (Wildman–Crippen LogP) is 1.86. The largest absolute Gasteiger partial charge is 0.465 e. The number of nitro benzene ring substituents is 1. The molecule has 1 aromatic rings. The van der Waals surface area contributed by atoms with Gasteiger partial charge in [-0.05, 0) is 6.92 Å². The number of ether oxygens (including phenoxy) is 1. The summed E-state index contributed by atoms with van der Waals surface area (Å²) in [5, 5.41) is 10.6. The van der Waals surface area contributed by atoms with Gasteiger partial charge in [0.15, 0.2) is 0 Å². The Morgan fingerprint density at radius 1 is 1.60 bits per heavy atom. The lowest BCUT2D eigenvalue weighted by Crippen LogP contribution is -2.34. The van der Waals surface area contributed by atoms with Crippen molar-refractivity contribution < 1.29 is 18.8 Å². The van der Waals surface area contributed by atoms with Crippen LogP contribution in [0.5, 0.6) is 0 Å². The van der Waals surface area contributed by atoms with E-state index < -0.39 is 28.4 Å². The number of halogens is 1. The van der Waals surface area contributed by atoms with E-state index in [4.69, 9.17) is 10.5 Å². The lowest BCUT2D eigenvalue weighted by Gasteiger charge is -2.10. The summed E-state index contributed by atoms with van der Waals surface area (Å²) in [6.07, 6.45) is 0. The molecule has 0 radical (unpaired) electrons. The number of nitrogens with two attached hydrogens (primary N) is 1. The molecule has 1 atom stereocenters. The van der Waals surface area contributed by atoms with Gasteiger partial charge in [-0.3, -0.25) is 14.9 Å². The highest BCUT2D eigenvalue weighted by atomic mass is 32.2. The average Bonchev–Trinajstić information content (AvgIpc) is 2.40. The van der Waals surface area contributed by atoms with Gasteiger partial charge in [0, 0.05) is 23.1 Å². The molecule has 0 saturated heterocycles. The normalized spacial score (nSPS) is 11.9. The number of esters is 1. The van der Waals surface area contributed by atoms with E-state index in [1.54, 1.807) is 6.92 Å². The lowest BCUT2D eigenvalue weighted by molar-refractivity contribution is -0.387. The monoisotopic (exact) mass is 302 g/mol. The summed E-state index contributed by atoms with van der Waals surface area (Å²) < 4.78 is 18.5. The number of carbonyl (C=O) groups is 1. The molecule has 0 aliphatic heterocycles. The van der Waals surface area contributed by atoms with Crippen LogP contribution in [0.2, 0.25) is 0 Å². The summed E-state index contributed by atoms with van der Waals surface area (Å²) in [6, 6.07) is 3.20. The van der Waals surface area contributed by atoms with Gasteiger partial charge in [-0.2, -0.15) is 16.2 Å². The summed E-state index contributed by atoms with van der Waals surface area (Å²) in [5.41, 5.74) is 5.24. The van der Waals surface area contributed by atoms with E-state index in [1.807, 2.05) is 0 Å². The van der Waals surface area contributed by atoms with Gasteiger partial charge < -0.3 is 10.5 Å². The molecule has 0 aliphatic carbocycles. The molecule has 110 valence electrons. The zero-order chi connectivity index (χ0) is 15.1. The fraction of sp³-hybridized carbons (Fsp3) is 0.417. The number of thioether (sulfide) groups is 1. The Labute approximate surface area is 119 Å². The zero-order valence-corrected chi connectivity index (χ0v) is 11.7. The van der Waals surface area contributed by atoms with Gasteiger partial charge in [0.1, 0.15) is 6.04 Å². The van der Waals surface area contributed by atoms with Crippen LogP contribution < -0.4 is 5.73 Å². The molecule has 0 aromatic heterocycles. The molecule has 0 bridgehead atoms. The van der Waals surface area contributed by atoms with E-state index in [0.717, 1.165) is 6.07 Å². The highest BCUT2D eigenvalue weighted by Crippen LogP contribution is 2.23.